The zero-order valence-electron chi connectivity index (χ0n) is 13.2. The van der Waals surface area contributed by atoms with Gasteiger partial charge in [0.2, 0.25) is 0 Å². The number of hydrogen-bond donors (Lipinski definition) is 2. The monoisotopic (exact) mass is 290 g/mol. The van der Waals surface area contributed by atoms with Crippen molar-refractivity contribution in [3.63, 3.8) is 0 Å². The quantitative estimate of drug-likeness (QED) is 0.900. The molecular formula is C18H26O3. The molecule has 0 heterocycles. The molecule has 3 rings (SSSR count). The highest BCUT2D eigenvalue weighted by atomic mass is 16.5. The van der Waals surface area contributed by atoms with Crippen LogP contribution in [0.1, 0.15) is 50.2 Å². The van der Waals surface area contributed by atoms with Crippen molar-refractivity contribution in [2.75, 3.05) is 20.3 Å². The molecule has 21 heavy (non-hydrogen) atoms. The van der Waals surface area contributed by atoms with E-state index in [9.17, 15) is 10.2 Å². The van der Waals surface area contributed by atoms with Gasteiger partial charge in [-0.3, -0.25) is 0 Å². The topological polar surface area (TPSA) is 49.7 Å². The second kappa shape index (κ2) is 4.99. The molecule has 0 unspecified atom stereocenters. The zero-order valence-corrected chi connectivity index (χ0v) is 13.2. The Morgan fingerprint density at radius 3 is 2.62 bits per heavy atom. The first-order valence-corrected chi connectivity index (χ1v) is 7.90. The smallest absolute Gasteiger partial charge is 0.119 e. The molecule has 3 heteroatoms. The molecular weight excluding hydrogens is 264 g/mol. The number of methoxy groups -OCH3 is 1. The van der Waals surface area contributed by atoms with Crippen LogP contribution in [-0.4, -0.2) is 30.5 Å². The Labute approximate surface area is 127 Å². The number of benzene rings is 1. The van der Waals surface area contributed by atoms with Gasteiger partial charge in [0.15, 0.2) is 0 Å². The van der Waals surface area contributed by atoms with Gasteiger partial charge in [-0.05, 0) is 52.8 Å². The molecule has 4 atom stereocenters. The summed E-state index contributed by atoms with van der Waals surface area (Å²) in [4.78, 5) is 0. The highest BCUT2D eigenvalue weighted by Crippen LogP contribution is 2.63. The van der Waals surface area contributed by atoms with Gasteiger partial charge in [0.1, 0.15) is 5.75 Å². The van der Waals surface area contributed by atoms with Gasteiger partial charge >= 0.3 is 0 Å². The second-order valence-corrected chi connectivity index (χ2v) is 7.30. The molecule has 116 valence electrons. The number of aliphatic hydroxyl groups is 2. The van der Waals surface area contributed by atoms with Gasteiger partial charge in [-0.25, -0.2) is 0 Å². The van der Waals surface area contributed by atoms with E-state index >= 15 is 0 Å². The summed E-state index contributed by atoms with van der Waals surface area (Å²) in [7, 11) is 1.68. The van der Waals surface area contributed by atoms with Crippen molar-refractivity contribution in [1.29, 1.82) is 0 Å². The molecule has 0 aliphatic heterocycles. The minimum Gasteiger partial charge on any atom is -0.497 e. The normalized spacial score (nSPS) is 38.0. The summed E-state index contributed by atoms with van der Waals surface area (Å²) in [5.74, 6) is 1.23. The average Bonchev–Trinajstić information content (AvgIpc) is 2.76. The van der Waals surface area contributed by atoms with Crippen molar-refractivity contribution >= 4 is 0 Å². The molecule has 0 spiro atoms. The summed E-state index contributed by atoms with van der Waals surface area (Å²) in [6.07, 6.45) is 3.29. The van der Waals surface area contributed by atoms with Crippen molar-refractivity contribution in [3.8, 4) is 5.75 Å². The lowest BCUT2D eigenvalue weighted by Gasteiger charge is -2.50. The van der Waals surface area contributed by atoms with Crippen LogP contribution in [0.15, 0.2) is 18.2 Å². The summed E-state index contributed by atoms with van der Waals surface area (Å²) in [5.41, 5.74) is 2.48. The van der Waals surface area contributed by atoms with E-state index in [2.05, 4.69) is 26.0 Å². The van der Waals surface area contributed by atoms with Gasteiger partial charge in [0, 0.05) is 12.5 Å². The molecule has 0 saturated heterocycles. The maximum absolute atomic E-state index is 10.0. The molecule has 1 aromatic rings. The first kappa shape index (κ1) is 14.9. The first-order chi connectivity index (χ1) is 10.00. The van der Waals surface area contributed by atoms with E-state index in [4.69, 9.17) is 4.74 Å². The standard InChI is InChI=1S/C18H26O3/c1-17(11-20)7-4-8-18(2)15-6-5-12(21-3)9-13(15)14(10-19)16(17)18/h5-6,9,14,16,19-20H,4,7-8,10-11H2,1-3H3/t14-,16+,17-,18-/m0/s1. The van der Waals surface area contributed by atoms with Crippen LogP contribution in [0.25, 0.3) is 0 Å². The van der Waals surface area contributed by atoms with Crippen molar-refractivity contribution in [1.82, 2.24) is 0 Å². The fraction of sp³-hybridized carbons (Fsp3) is 0.667. The van der Waals surface area contributed by atoms with Crippen LogP contribution in [0.2, 0.25) is 0 Å². The van der Waals surface area contributed by atoms with E-state index in [0.717, 1.165) is 25.0 Å². The summed E-state index contributed by atoms with van der Waals surface area (Å²) >= 11 is 0. The van der Waals surface area contributed by atoms with Crippen LogP contribution in [0.3, 0.4) is 0 Å². The fourth-order valence-corrected chi connectivity index (χ4v) is 5.23. The highest BCUT2D eigenvalue weighted by molar-refractivity contribution is 5.49. The Morgan fingerprint density at radius 1 is 1.24 bits per heavy atom. The number of hydrogen-bond acceptors (Lipinski definition) is 3. The Kier molecular flexibility index (Phi) is 3.53. The molecule has 0 radical (unpaired) electrons. The fourth-order valence-electron chi connectivity index (χ4n) is 5.23. The average molecular weight is 290 g/mol. The Bertz CT molecular complexity index is 541. The van der Waals surface area contributed by atoms with Gasteiger partial charge in [-0.15, -0.1) is 0 Å². The van der Waals surface area contributed by atoms with E-state index in [1.165, 1.54) is 11.1 Å². The molecule has 0 bridgehead atoms. The lowest BCUT2D eigenvalue weighted by Crippen LogP contribution is -2.47. The molecule has 0 amide bonds. The molecule has 2 aliphatic carbocycles. The minimum atomic E-state index is -0.118. The van der Waals surface area contributed by atoms with Gasteiger partial charge < -0.3 is 14.9 Å². The van der Waals surface area contributed by atoms with E-state index < -0.39 is 0 Å². The Balaban J connectivity index is 2.17. The third-order valence-corrected chi connectivity index (χ3v) is 6.12. The largest absolute Gasteiger partial charge is 0.497 e. The maximum Gasteiger partial charge on any atom is 0.119 e. The van der Waals surface area contributed by atoms with Crippen LogP contribution < -0.4 is 4.74 Å². The zero-order chi connectivity index (χ0) is 15.3. The van der Waals surface area contributed by atoms with Gasteiger partial charge in [-0.1, -0.05) is 26.3 Å². The van der Waals surface area contributed by atoms with Crippen LogP contribution in [0, 0.1) is 11.3 Å². The number of aliphatic hydroxyl groups excluding tert-OH is 2. The first-order valence-electron chi connectivity index (χ1n) is 7.90. The molecule has 1 aromatic carbocycles. The van der Waals surface area contributed by atoms with Crippen LogP contribution in [0.4, 0.5) is 0 Å². The number of ether oxygens (including phenoxy) is 1. The highest BCUT2D eigenvalue weighted by Gasteiger charge is 2.57. The second-order valence-electron chi connectivity index (χ2n) is 7.30. The third kappa shape index (κ3) is 1.94. The van der Waals surface area contributed by atoms with Gasteiger partial charge in [0.25, 0.3) is 0 Å². The molecule has 2 N–H and O–H groups in total. The van der Waals surface area contributed by atoms with Crippen molar-refractivity contribution < 1.29 is 14.9 Å². The third-order valence-electron chi connectivity index (χ3n) is 6.12. The molecule has 1 saturated carbocycles. The predicted octanol–water partition coefficient (Wildman–Crippen LogP) is 2.84. The van der Waals surface area contributed by atoms with Gasteiger partial charge in [-0.2, -0.15) is 0 Å². The van der Waals surface area contributed by atoms with Crippen molar-refractivity contribution in [2.45, 2.75) is 44.4 Å². The Hall–Kier alpha value is -1.06. The maximum atomic E-state index is 10.0. The van der Waals surface area contributed by atoms with Gasteiger partial charge in [0.05, 0.1) is 13.7 Å². The minimum absolute atomic E-state index is 0.0464. The van der Waals surface area contributed by atoms with Crippen LogP contribution in [0.5, 0.6) is 5.75 Å². The summed E-state index contributed by atoms with van der Waals surface area (Å²) in [5, 5.41) is 20.0. The van der Waals surface area contributed by atoms with E-state index in [0.29, 0.717) is 0 Å². The SMILES string of the molecule is COc1ccc2c(c1)[C@H](CO)[C@@H]1[C@](C)(CO)CCC[C@@]21C. The summed E-state index contributed by atoms with van der Waals surface area (Å²) < 4.78 is 5.37. The number of fused-ring (bicyclic) bond motifs is 3. The van der Waals surface area contributed by atoms with Crippen molar-refractivity contribution in [3.05, 3.63) is 29.3 Å². The summed E-state index contributed by atoms with van der Waals surface area (Å²) in [6, 6.07) is 6.27. The molecule has 0 aromatic heterocycles. The lowest BCUT2D eigenvalue weighted by atomic mass is 9.54. The Morgan fingerprint density at radius 2 is 2.00 bits per heavy atom. The van der Waals surface area contributed by atoms with E-state index in [-0.39, 0.29) is 35.9 Å². The predicted molar refractivity (Wildman–Crippen MR) is 82.7 cm³/mol. The lowest BCUT2D eigenvalue weighted by molar-refractivity contribution is -0.0211. The van der Waals surface area contributed by atoms with Crippen LogP contribution >= 0.6 is 0 Å². The molecule has 3 nitrogen and oxygen atoms in total. The number of rotatable bonds is 3. The molecule has 2 aliphatic rings. The molecule has 1 fully saturated rings. The van der Waals surface area contributed by atoms with E-state index in [1.807, 2.05) is 6.07 Å². The van der Waals surface area contributed by atoms with E-state index in [1.54, 1.807) is 7.11 Å². The summed E-state index contributed by atoms with van der Waals surface area (Å²) in [6.45, 7) is 4.82. The van der Waals surface area contributed by atoms with Crippen molar-refractivity contribution in [2.24, 2.45) is 11.3 Å². The van der Waals surface area contributed by atoms with Crippen LogP contribution in [-0.2, 0) is 5.41 Å².